The van der Waals surface area contributed by atoms with Gasteiger partial charge in [0.2, 0.25) is 0 Å². The van der Waals surface area contributed by atoms with E-state index in [0.29, 0.717) is 29.8 Å². The Hall–Kier alpha value is -3.73. The minimum atomic E-state index is -0.286. The number of nitrogens with one attached hydrogen (secondary N) is 1. The molecule has 4 aromatic rings. The smallest absolute Gasteiger partial charge is 0.409 e. The minimum absolute atomic E-state index is 0.148. The van der Waals surface area contributed by atoms with Crippen LogP contribution in [0.3, 0.4) is 0 Å². The van der Waals surface area contributed by atoms with Crippen molar-refractivity contribution in [2.75, 3.05) is 25.5 Å². The molecule has 0 spiro atoms. The van der Waals surface area contributed by atoms with E-state index < -0.39 is 0 Å². The fourth-order valence-electron chi connectivity index (χ4n) is 4.78. The third-order valence-electron chi connectivity index (χ3n) is 6.85. The molecular formula is C24H26ClN9O2. The van der Waals surface area contributed by atoms with Gasteiger partial charge in [0.15, 0.2) is 5.65 Å². The third kappa shape index (κ3) is 4.23. The van der Waals surface area contributed by atoms with Gasteiger partial charge < -0.3 is 15.0 Å². The summed E-state index contributed by atoms with van der Waals surface area (Å²) in [6.07, 6.45) is 9.91. The Balaban J connectivity index is 1.30. The van der Waals surface area contributed by atoms with E-state index in [1.807, 2.05) is 23.1 Å². The molecule has 2 fully saturated rings. The predicted molar refractivity (Wildman–Crippen MR) is 134 cm³/mol. The van der Waals surface area contributed by atoms with Crippen molar-refractivity contribution in [3.63, 3.8) is 0 Å². The van der Waals surface area contributed by atoms with Crippen LogP contribution in [-0.4, -0.2) is 71.8 Å². The fraction of sp³-hybridized carbons (Fsp3) is 0.417. The molecule has 0 bridgehead atoms. The zero-order chi connectivity index (χ0) is 24.8. The number of halogens is 1. The molecule has 186 valence electrons. The minimum Gasteiger partial charge on any atom is -0.453 e. The van der Waals surface area contributed by atoms with E-state index in [0.717, 1.165) is 47.6 Å². The van der Waals surface area contributed by atoms with Crippen LogP contribution < -0.4 is 5.32 Å². The Morgan fingerprint density at radius 2 is 2.00 bits per heavy atom. The Kier molecular flexibility index (Phi) is 5.71. The van der Waals surface area contributed by atoms with Crippen molar-refractivity contribution in [2.24, 2.45) is 5.92 Å². The molecule has 6 rings (SSSR count). The molecule has 2 atom stereocenters. The first-order valence-electron chi connectivity index (χ1n) is 12.0. The number of hydrogen-bond donors (Lipinski definition) is 1. The van der Waals surface area contributed by atoms with E-state index in [1.165, 1.54) is 7.11 Å². The first-order valence-corrected chi connectivity index (χ1v) is 12.4. The number of likely N-dealkylation sites (tertiary alicyclic amines) is 1. The van der Waals surface area contributed by atoms with Gasteiger partial charge in [-0.05, 0) is 31.2 Å². The van der Waals surface area contributed by atoms with E-state index in [4.69, 9.17) is 21.3 Å². The van der Waals surface area contributed by atoms with Crippen LogP contribution in [0.2, 0.25) is 5.02 Å². The highest BCUT2D eigenvalue weighted by atomic mass is 35.5. The number of piperidine rings is 1. The van der Waals surface area contributed by atoms with Gasteiger partial charge in [-0.2, -0.15) is 5.10 Å². The van der Waals surface area contributed by atoms with Gasteiger partial charge >= 0.3 is 6.09 Å². The van der Waals surface area contributed by atoms with Gasteiger partial charge in [0.1, 0.15) is 11.4 Å². The summed E-state index contributed by atoms with van der Waals surface area (Å²) in [7, 11) is 1.41. The molecular weight excluding hydrogens is 482 g/mol. The summed E-state index contributed by atoms with van der Waals surface area (Å²) >= 11 is 6.07. The average molecular weight is 508 g/mol. The highest BCUT2D eigenvalue weighted by molar-refractivity contribution is 6.30. The highest BCUT2D eigenvalue weighted by Crippen LogP contribution is 2.35. The molecule has 11 nitrogen and oxygen atoms in total. The number of aromatic nitrogens is 7. The van der Waals surface area contributed by atoms with Gasteiger partial charge in [-0.25, -0.2) is 19.0 Å². The van der Waals surface area contributed by atoms with Crippen molar-refractivity contribution in [3.05, 3.63) is 41.9 Å². The van der Waals surface area contributed by atoms with Crippen molar-refractivity contribution in [1.29, 1.82) is 0 Å². The molecule has 4 aromatic heterocycles. The lowest BCUT2D eigenvalue weighted by Crippen LogP contribution is -2.43. The SMILES string of the molecule is COC(=O)N1CCC(n2cc(-c3cnc(-c4cnc5cc(Cl)cnn45)cc3NC3CC3)nn2)C(C)C1. The van der Waals surface area contributed by atoms with Crippen LogP contribution in [0.25, 0.3) is 28.3 Å². The van der Waals surface area contributed by atoms with E-state index in [-0.39, 0.29) is 18.1 Å². The molecule has 1 aliphatic heterocycles. The third-order valence-corrected chi connectivity index (χ3v) is 7.06. The van der Waals surface area contributed by atoms with Crippen LogP contribution in [0.4, 0.5) is 10.5 Å². The molecule has 1 amide bonds. The van der Waals surface area contributed by atoms with Gasteiger partial charge in [-0.15, -0.1) is 5.10 Å². The molecule has 2 aliphatic rings. The number of anilines is 1. The monoisotopic (exact) mass is 507 g/mol. The Bertz CT molecular complexity index is 1430. The zero-order valence-corrected chi connectivity index (χ0v) is 20.8. The van der Waals surface area contributed by atoms with Crippen molar-refractivity contribution in [1.82, 2.24) is 39.5 Å². The Labute approximate surface area is 212 Å². The number of rotatable bonds is 5. The second-order valence-corrected chi connectivity index (χ2v) is 9.89. The number of imidazole rings is 1. The molecule has 1 saturated heterocycles. The van der Waals surface area contributed by atoms with Gasteiger partial charge in [0, 0.05) is 42.6 Å². The molecule has 5 heterocycles. The van der Waals surface area contributed by atoms with Crippen LogP contribution in [0.15, 0.2) is 36.9 Å². The van der Waals surface area contributed by atoms with Crippen molar-refractivity contribution in [3.8, 4) is 22.6 Å². The second-order valence-electron chi connectivity index (χ2n) is 9.45. The first kappa shape index (κ1) is 22.7. The molecule has 2 unspecified atom stereocenters. The predicted octanol–water partition coefficient (Wildman–Crippen LogP) is 3.93. The molecule has 0 aromatic carbocycles. The highest BCUT2D eigenvalue weighted by Gasteiger charge is 2.31. The van der Waals surface area contributed by atoms with Crippen LogP contribution in [0.1, 0.15) is 32.2 Å². The molecule has 1 saturated carbocycles. The lowest BCUT2D eigenvalue weighted by atomic mass is 9.94. The van der Waals surface area contributed by atoms with Crippen molar-refractivity contribution in [2.45, 2.75) is 38.3 Å². The lowest BCUT2D eigenvalue weighted by Gasteiger charge is -2.35. The number of pyridine rings is 1. The molecule has 0 radical (unpaired) electrons. The summed E-state index contributed by atoms with van der Waals surface area (Å²) in [6.45, 7) is 3.37. The standard InChI is InChI=1S/C24H26ClN9O2/c1-14-12-32(24(35)36-2)6-5-21(14)33-13-20(30-31-33)17-10-26-19(8-18(17)29-16-3-4-16)22-11-27-23-7-15(25)9-28-34(22)23/h7-11,13-14,16,21H,3-6,12H2,1-2H3,(H,26,29). The number of carbonyl (C=O) groups is 1. The second kappa shape index (κ2) is 9.05. The maximum Gasteiger partial charge on any atom is 0.409 e. The number of carbonyl (C=O) groups excluding carboxylic acids is 1. The van der Waals surface area contributed by atoms with E-state index in [2.05, 4.69) is 32.6 Å². The van der Waals surface area contributed by atoms with Gasteiger partial charge in [-0.1, -0.05) is 23.7 Å². The van der Waals surface area contributed by atoms with Crippen molar-refractivity contribution >= 4 is 29.0 Å². The molecule has 1 N–H and O–H groups in total. The normalized spacial score (nSPS) is 20.0. The fourth-order valence-corrected chi connectivity index (χ4v) is 4.92. The summed E-state index contributed by atoms with van der Waals surface area (Å²) in [4.78, 5) is 22.8. The Morgan fingerprint density at radius 3 is 2.78 bits per heavy atom. The van der Waals surface area contributed by atoms with Gasteiger partial charge in [0.05, 0.1) is 42.5 Å². The van der Waals surface area contributed by atoms with Crippen LogP contribution >= 0.6 is 11.6 Å². The summed E-state index contributed by atoms with van der Waals surface area (Å²) in [5.74, 6) is 0.216. The van der Waals surface area contributed by atoms with Crippen molar-refractivity contribution < 1.29 is 9.53 Å². The molecule has 12 heteroatoms. The summed E-state index contributed by atoms with van der Waals surface area (Å²) in [6, 6.07) is 4.38. The van der Waals surface area contributed by atoms with Crippen LogP contribution in [0.5, 0.6) is 0 Å². The van der Waals surface area contributed by atoms with E-state index >= 15 is 0 Å². The number of fused-ring (bicyclic) bond motifs is 1. The quantitative estimate of drug-likeness (QED) is 0.432. The van der Waals surface area contributed by atoms with E-state index in [9.17, 15) is 4.79 Å². The maximum absolute atomic E-state index is 11.9. The first-order chi connectivity index (χ1) is 17.5. The number of ether oxygens (including phenoxy) is 1. The maximum atomic E-state index is 11.9. The van der Waals surface area contributed by atoms with Crippen LogP contribution in [-0.2, 0) is 4.74 Å². The average Bonchev–Trinajstić information content (AvgIpc) is 3.39. The summed E-state index contributed by atoms with van der Waals surface area (Å²) in [5.41, 5.74) is 4.79. The van der Waals surface area contributed by atoms with Gasteiger partial charge in [-0.3, -0.25) is 4.98 Å². The zero-order valence-electron chi connectivity index (χ0n) is 20.0. The topological polar surface area (TPSA) is 115 Å². The van der Waals surface area contributed by atoms with Gasteiger partial charge in [0.25, 0.3) is 0 Å². The number of amides is 1. The van der Waals surface area contributed by atoms with E-state index in [1.54, 1.807) is 27.9 Å². The summed E-state index contributed by atoms with van der Waals surface area (Å²) < 4.78 is 8.53. The molecule has 36 heavy (non-hydrogen) atoms. The van der Waals surface area contributed by atoms with Crippen LogP contribution in [0, 0.1) is 5.92 Å². The lowest BCUT2D eigenvalue weighted by molar-refractivity contribution is 0.0860. The number of nitrogens with zero attached hydrogens (tertiary/aromatic N) is 8. The Morgan fingerprint density at radius 1 is 1.14 bits per heavy atom. The molecule has 1 aliphatic carbocycles. The number of methoxy groups -OCH3 is 1. The number of hydrogen-bond acceptors (Lipinski definition) is 8. The largest absolute Gasteiger partial charge is 0.453 e. The summed E-state index contributed by atoms with van der Waals surface area (Å²) in [5, 5.41) is 17.5.